The third-order valence-electron chi connectivity index (χ3n) is 6.86. The second kappa shape index (κ2) is 8.87. The van der Waals surface area contributed by atoms with E-state index in [2.05, 4.69) is 65.3 Å². The molecule has 0 bridgehead atoms. The van der Waals surface area contributed by atoms with Crippen LogP contribution in [0.3, 0.4) is 0 Å². The van der Waals surface area contributed by atoms with Crippen LogP contribution in [0.1, 0.15) is 40.5 Å². The maximum atomic E-state index is 14.7. The van der Waals surface area contributed by atoms with Gasteiger partial charge in [-0.25, -0.2) is 9.37 Å². The number of anilines is 3. The Morgan fingerprint density at radius 2 is 1.79 bits per heavy atom. The predicted octanol–water partition coefficient (Wildman–Crippen LogP) is 4.83. The summed E-state index contributed by atoms with van der Waals surface area (Å²) in [6, 6.07) is 5.78. The molecule has 34 heavy (non-hydrogen) atoms. The lowest BCUT2D eigenvalue weighted by molar-refractivity contribution is -0.00778. The van der Waals surface area contributed by atoms with E-state index in [1.54, 1.807) is 18.0 Å². The van der Waals surface area contributed by atoms with E-state index in [1.807, 2.05) is 31.4 Å². The van der Waals surface area contributed by atoms with Crippen molar-refractivity contribution < 1.29 is 9.13 Å². The van der Waals surface area contributed by atoms with Gasteiger partial charge < -0.3 is 15.4 Å². The van der Waals surface area contributed by atoms with E-state index >= 15 is 0 Å². The van der Waals surface area contributed by atoms with Gasteiger partial charge in [-0.1, -0.05) is 0 Å². The van der Waals surface area contributed by atoms with Gasteiger partial charge in [-0.2, -0.15) is 10.1 Å². The lowest BCUT2D eigenvalue weighted by Gasteiger charge is -2.53. The summed E-state index contributed by atoms with van der Waals surface area (Å²) in [5.41, 5.74) is 2.54. The van der Waals surface area contributed by atoms with Crippen molar-refractivity contribution in [2.75, 3.05) is 24.8 Å². The van der Waals surface area contributed by atoms with Crippen molar-refractivity contribution in [1.29, 1.82) is 0 Å². The van der Waals surface area contributed by atoms with Crippen molar-refractivity contribution >= 4 is 17.5 Å². The number of rotatable bonds is 6. The number of likely N-dealkylation sites (tertiary alicyclic amines) is 1. The van der Waals surface area contributed by atoms with Gasteiger partial charge in [0.25, 0.3) is 0 Å². The fourth-order valence-electron chi connectivity index (χ4n) is 4.90. The number of nitrogens with one attached hydrogen (secondary N) is 2. The van der Waals surface area contributed by atoms with Gasteiger partial charge in [0.15, 0.2) is 11.6 Å². The molecule has 0 spiro atoms. The predicted molar refractivity (Wildman–Crippen MR) is 133 cm³/mol. The second-order valence-electron chi connectivity index (χ2n) is 10.3. The molecular weight excluding hydrogens is 433 g/mol. The molecule has 0 amide bonds. The maximum Gasteiger partial charge on any atom is 0.229 e. The number of hydrogen-bond acceptors (Lipinski definition) is 7. The summed E-state index contributed by atoms with van der Waals surface area (Å²) in [6.45, 7) is 8.87. The molecule has 1 fully saturated rings. The van der Waals surface area contributed by atoms with E-state index in [0.29, 0.717) is 5.95 Å². The molecule has 2 N–H and O–H groups in total. The van der Waals surface area contributed by atoms with Crippen LogP contribution in [0.2, 0.25) is 0 Å². The Bertz CT molecular complexity index is 1160. The maximum absolute atomic E-state index is 14.7. The fourth-order valence-corrected chi connectivity index (χ4v) is 4.90. The van der Waals surface area contributed by atoms with Gasteiger partial charge in [0.05, 0.1) is 19.5 Å². The minimum atomic E-state index is -0.467. The number of nitrogens with zero attached hydrogens (tertiary/aromatic N) is 5. The third kappa shape index (κ3) is 4.84. The first-order chi connectivity index (χ1) is 16.0. The Kier molecular flexibility index (Phi) is 6.24. The molecule has 1 aliphatic heterocycles. The lowest BCUT2D eigenvalue weighted by atomic mass is 9.77. The topological polar surface area (TPSA) is 80.1 Å². The van der Waals surface area contributed by atoms with Crippen molar-refractivity contribution in [3.63, 3.8) is 0 Å². The Balaban J connectivity index is 1.56. The van der Waals surface area contributed by atoms with Gasteiger partial charge in [0, 0.05) is 47.2 Å². The highest BCUT2D eigenvalue weighted by molar-refractivity contribution is 5.75. The largest absolute Gasteiger partial charge is 0.496 e. The highest BCUT2D eigenvalue weighted by Gasteiger charge is 2.43. The number of aryl methyl sites for hydroxylation is 1. The average molecular weight is 468 g/mol. The van der Waals surface area contributed by atoms with Crippen LogP contribution in [0.4, 0.5) is 21.8 Å². The molecule has 0 aliphatic carbocycles. The molecule has 4 rings (SSSR count). The van der Waals surface area contributed by atoms with Crippen molar-refractivity contribution in [2.24, 2.45) is 7.05 Å². The van der Waals surface area contributed by atoms with E-state index in [1.165, 1.54) is 6.20 Å². The molecule has 0 atom stereocenters. The number of ether oxygens (including phenoxy) is 1. The minimum Gasteiger partial charge on any atom is -0.496 e. The summed E-state index contributed by atoms with van der Waals surface area (Å²) in [5, 5.41) is 10.8. The quantitative estimate of drug-likeness (QED) is 0.537. The number of benzene rings is 1. The van der Waals surface area contributed by atoms with Crippen LogP contribution in [0, 0.1) is 5.82 Å². The normalized spacial score (nSPS) is 18.0. The van der Waals surface area contributed by atoms with Crippen LogP contribution in [-0.4, -0.2) is 55.9 Å². The molecule has 3 aromatic rings. The van der Waals surface area contributed by atoms with Crippen LogP contribution in [0.25, 0.3) is 11.1 Å². The van der Waals surface area contributed by atoms with E-state index < -0.39 is 5.82 Å². The Labute approximate surface area is 200 Å². The van der Waals surface area contributed by atoms with E-state index in [-0.39, 0.29) is 22.9 Å². The summed E-state index contributed by atoms with van der Waals surface area (Å²) >= 11 is 0. The van der Waals surface area contributed by atoms with Gasteiger partial charge in [-0.3, -0.25) is 9.58 Å². The zero-order valence-electron chi connectivity index (χ0n) is 21.0. The average Bonchev–Trinajstić information content (AvgIpc) is 3.20. The SMILES string of the molecule is COc1ccc(Nc2ncc(F)c(NC3CC(C)(C)N(C)C(C)(C)C3)n2)cc1-c1cnn(C)c1. The highest BCUT2D eigenvalue weighted by atomic mass is 19.1. The van der Waals surface area contributed by atoms with Crippen molar-refractivity contribution in [1.82, 2.24) is 24.6 Å². The summed E-state index contributed by atoms with van der Waals surface area (Å²) in [7, 11) is 5.65. The van der Waals surface area contributed by atoms with Crippen LogP contribution >= 0.6 is 0 Å². The van der Waals surface area contributed by atoms with Crippen molar-refractivity contribution in [3.05, 3.63) is 42.6 Å². The van der Waals surface area contributed by atoms with Crippen molar-refractivity contribution in [2.45, 2.75) is 57.7 Å². The van der Waals surface area contributed by atoms with Gasteiger partial charge in [-0.15, -0.1) is 0 Å². The Morgan fingerprint density at radius 3 is 2.41 bits per heavy atom. The standard InChI is InChI=1S/C25H34FN7O/c1-24(2)11-18(12-25(3,4)33(24)6)29-22-20(26)14-27-23(31-22)30-17-8-9-21(34-7)19(10-17)16-13-28-32(5)15-16/h8-10,13-15,18H,11-12H2,1-7H3,(H2,27,29,30,31). The lowest BCUT2D eigenvalue weighted by Crippen LogP contribution is -2.61. The molecule has 1 aliphatic rings. The van der Waals surface area contributed by atoms with E-state index in [0.717, 1.165) is 35.4 Å². The van der Waals surface area contributed by atoms with Gasteiger partial charge in [0.2, 0.25) is 5.95 Å². The van der Waals surface area contributed by atoms with Crippen LogP contribution < -0.4 is 15.4 Å². The molecular formula is C25H34FN7O. The zero-order valence-corrected chi connectivity index (χ0v) is 21.0. The fraction of sp³-hybridized carbons (Fsp3) is 0.480. The zero-order chi connectivity index (χ0) is 24.7. The molecule has 0 saturated carbocycles. The molecule has 182 valence electrons. The Hall–Kier alpha value is -3.20. The van der Waals surface area contributed by atoms with Crippen LogP contribution in [0.5, 0.6) is 5.75 Å². The first kappa shape index (κ1) is 23.9. The van der Waals surface area contributed by atoms with E-state index in [9.17, 15) is 4.39 Å². The number of aromatic nitrogens is 4. The van der Waals surface area contributed by atoms with Crippen LogP contribution in [0.15, 0.2) is 36.8 Å². The highest BCUT2D eigenvalue weighted by Crippen LogP contribution is 2.38. The summed E-state index contributed by atoms with van der Waals surface area (Å²) < 4.78 is 21.9. The van der Waals surface area contributed by atoms with Gasteiger partial charge in [0.1, 0.15) is 5.75 Å². The first-order valence-electron chi connectivity index (χ1n) is 11.5. The summed E-state index contributed by atoms with van der Waals surface area (Å²) in [4.78, 5) is 11.0. The molecule has 2 aromatic heterocycles. The molecule has 3 heterocycles. The molecule has 1 saturated heterocycles. The second-order valence-corrected chi connectivity index (χ2v) is 10.3. The summed E-state index contributed by atoms with van der Waals surface area (Å²) in [6.07, 6.45) is 6.66. The number of halogens is 1. The van der Waals surface area contributed by atoms with Gasteiger partial charge >= 0.3 is 0 Å². The minimum absolute atomic E-state index is 0.0181. The number of methoxy groups -OCH3 is 1. The third-order valence-corrected chi connectivity index (χ3v) is 6.86. The van der Waals surface area contributed by atoms with E-state index in [4.69, 9.17) is 4.74 Å². The summed E-state index contributed by atoms with van der Waals surface area (Å²) in [5.74, 6) is 0.789. The molecule has 0 radical (unpaired) electrons. The van der Waals surface area contributed by atoms with Crippen molar-refractivity contribution in [3.8, 4) is 16.9 Å². The van der Waals surface area contributed by atoms with Crippen LogP contribution in [-0.2, 0) is 7.05 Å². The smallest absolute Gasteiger partial charge is 0.229 e. The molecule has 9 heteroatoms. The molecule has 1 aromatic carbocycles. The first-order valence-corrected chi connectivity index (χ1v) is 11.5. The number of hydrogen-bond donors (Lipinski definition) is 2. The molecule has 0 unspecified atom stereocenters. The number of piperidine rings is 1. The monoisotopic (exact) mass is 467 g/mol. The van der Waals surface area contributed by atoms with Gasteiger partial charge in [-0.05, 0) is 65.8 Å². The Morgan fingerprint density at radius 1 is 1.09 bits per heavy atom. The molecule has 8 nitrogen and oxygen atoms in total.